The molecule has 0 saturated heterocycles. The molecule has 1 aromatic rings. The molecule has 3 aliphatic carbocycles. The molecule has 5 N–H and O–H groups in total. The van der Waals surface area contributed by atoms with Crippen LogP contribution in [-0.2, 0) is 16.0 Å². The number of amides is 1. The fourth-order valence-electron chi connectivity index (χ4n) is 5.51. The van der Waals surface area contributed by atoms with Crippen LogP contribution in [0.3, 0.4) is 0 Å². The second-order valence-corrected chi connectivity index (χ2v) is 8.85. The molecule has 2 unspecified atom stereocenters. The summed E-state index contributed by atoms with van der Waals surface area (Å²) in [4.78, 5) is 52.0. The van der Waals surface area contributed by atoms with Gasteiger partial charge in [-0.3, -0.25) is 24.1 Å². The first-order valence-corrected chi connectivity index (χ1v) is 10.2. The highest BCUT2D eigenvalue weighted by Crippen LogP contribution is 2.51. The Hall–Kier alpha value is -3.30. The van der Waals surface area contributed by atoms with E-state index in [0.29, 0.717) is 11.1 Å². The minimum atomic E-state index is -2.59. The zero-order valence-electron chi connectivity index (χ0n) is 17.9. The number of carbonyl (C=O) groups is 4. The largest absolute Gasteiger partial charge is 0.510 e. The highest BCUT2D eigenvalue weighted by Gasteiger charge is 2.63. The molecule has 32 heavy (non-hydrogen) atoms. The van der Waals surface area contributed by atoms with Crippen molar-refractivity contribution in [2.75, 3.05) is 14.1 Å². The maximum atomic E-state index is 13.3. The smallest absolute Gasteiger partial charge is 0.255 e. The average Bonchev–Trinajstić information content (AvgIpc) is 2.70. The van der Waals surface area contributed by atoms with E-state index in [4.69, 9.17) is 5.73 Å². The van der Waals surface area contributed by atoms with E-state index in [2.05, 4.69) is 0 Å². The molecule has 0 fully saturated rings. The Balaban J connectivity index is 1.96. The molecule has 4 rings (SSSR count). The van der Waals surface area contributed by atoms with Gasteiger partial charge in [0, 0.05) is 22.6 Å². The summed E-state index contributed by atoms with van der Waals surface area (Å²) in [5.41, 5.74) is 2.97. The highest BCUT2D eigenvalue weighted by atomic mass is 16.3. The number of allylic oxidation sites excluding steroid dienone is 1. The standard InChI is InChI=1S/C23H24N2O7/c1-9(26)11-5-4-6-12-13(11)7-10-8-14-17(25(2)3)19(28)16(22(24)31)21(30)23(14,32)20(29)15(10)18(12)27/h4-6,10,14,17,28-29,32H,7-8H2,1-3H3,(H2,24,31)/t10?,14?,17-,23+/m1/s1. The molecular weight excluding hydrogens is 416 g/mol. The van der Waals surface area contributed by atoms with Gasteiger partial charge in [-0.05, 0) is 45.3 Å². The van der Waals surface area contributed by atoms with Crippen LogP contribution in [0.1, 0.15) is 39.6 Å². The predicted molar refractivity (Wildman–Crippen MR) is 112 cm³/mol. The van der Waals surface area contributed by atoms with Crippen LogP contribution in [0.2, 0.25) is 0 Å². The van der Waals surface area contributed by atoms with Gasteiger partial charge in [0.15, 0.2) is 17.2 Å². The van der Waals surface area contributed by atoms with Crippen molar-refractivity contribution in [2.24, 2.45) is 17.6 Å². The Morgan fingerprint density at radius 3 is 2.41 bits per heavy atom. The van der Waals surface area contributed by atoms with Crippen molar-refractivity contribution in [1.29, 1.82) is 0 Å². The van der Waals surface area contributed by atoms with Crippen LogP contribution in [0, 0.1) is 11.8 Å². The summed E-state index contributed by atoms with van der Waals surface area (Å²) in [5, 5.41) is 33.3. The van der Waals surface area contributed by atoms with Crippen LogP contribution in [0.15, 0.2) is 40.9 Å². The molecule has 4 atom stereocenters. The summed E-state index contributed by atoms with van der Waals surface area (Å²) < 4.78 is 0. The number of aliphatic hydroxyl groups excluding tert-OH is 2. The number of nitrogens with zero attached hydrogens (tertiary/aromatic N) is 1. The first-order valence-electron chi connectivity index (χ1n) is 10.2. The first kappa shape index (κ1) is 21.9. The van der Waals surface area contributed by atoms with Gasteiger partial charge in [-0.25, -0.2) is 0 Å². The summed E-state index contributed by atoms with van der Waals surface area (Å²) in [7, 11) is 3.17. The number of carbonyl (C=O) groups excluding carboxylic acids is 4. The molecule has 0 aromatic heterocycles. The van der Waals surface area contributed by atoms with E-state index in [1.807, 2.05) is 0 Å². The Morgan fingerprint density at radius 1 is 1.19 bits per heavy atom. The van der Waals surface area contributed by atoms with Gasteiger partial charge in [0.25, 0.3) is 5.91 Å². The number of fused-ring (bicyclic) bond motifs is 3. The molecule has 0 spiro atoms. The number of ketones is 3. The van der Waals surface area contributed by atoms with Crippen LogP contribution in [0.4, 0.5) is 0 Å². The van der Waals surface area contributed by atoms with Gasteiger partial charge in [0.05, 0.1) is 6.04 Å². The van der Waals surface area contributed by atoms with E-state index in [1.54, 1.807) is 26.2 Å². The molecule has 9 nitrogen and oxygen atoms in total. The minimum absolute atomic E-state index is 0.0536. The maximum Gasteiger partial charge on any atom is 0.255 e. The molecule has 168 valence electrons. The van der Waals surface area contributed by atoms with Crippen molar-refractivity contribution in [3.05, 3.63) is 57.6 Å². The summed E-state index contributed by atoms with van der Waals surface area (Å²) >= 11 is 0. The molecule has 1 amide bonds. The van der Waals surface area contributed by atoms with Crippen LogP contribution >= 0.6 is 0 Å². The number of rotatable bonds is 3. The monoisotopic (exact) mass is 440 g/mol. The number of primary amides is 1. The van der Waals surface area contributed by atoms with E-state index >= 15 is 0 Å². The molecule has 0 heterocycles. The fourth-order valence-corrected chi connectivity index (χ4v) is 5.51. The normalized spacial score (nSPS) is 29.6. The number of aliphatic hydroxyl groups is 3. The Bertz CT molecular complexity index is 1160. The number of likely N-dealkylation sites (N-methyl/N-ethyl adjacent to an activating group) is 1. The molecule has 0 bridgehead atoms. The van der Waals surface area contributed by atoms with Crippen molar-refractivity contribution in [2.45, 2.75) is 31.4 Å². The van der Waals surface area contributed by atoms with Gasteiger partial charge in [-0.2, -0.15) is 0 Å². The van der Waals surface area contributed by atoms with Crippen molar-refractivity contribution in [1.82, 2.24) is 4.90 Å². The van der Waals surface area contributed by atoms with Crippen LogP contribution in [-0.4, -0.2) is 69.2 Å². The van der Waals surface area contributed by atoms with Crippen molar-refractivity contribution >= 4 is 23.3 Å². The number of Topliss-reactive ketones (excluding diaryl/α,β-unsaturated/α-hetero) is 3. The maximum absolute atomic E-state index is 13.3. The van der Waals surface area contributed by atoms with E-state index < -0.39 is 58.0 Å². The van der Waals surface area contributed by atoms with Crippen LogP contribution in [0.25, 0.3) is 0 Å². The van der Waals surface area contributed by atoms with E-state index in [0.717, 1.165) is 0 Å². The third-order valence-electron chi connectivity index (χ3n) is 6.89. The van der Waals surface area contributed by atoms with Crippen LogP contribution < -0.4 is 5.73 Å². The minimum Gasteiger partial charge on any atom is -0.510 e. The van der Waals surface area contributed by atoms with Gasteiger partial charge in [0.2, 0.25) is 5.78 Å². The second-order valence-electron chi connectivity index (χ2n) is 8.85. The third kappa shape index (κ3) is 2.71. The summed E-state index contributed by atoms with van der Waals surface area (Å²) in [6.45, 7) is 1.40. The lowest BCUT2D eigenvalue weighted by atomic mass is 9.58. The number of hydrogen-bond donors (Lipinski definition) is 4. The fraction of sp³-hybridized carbons (Fsp3) is 0.391. The lowest BCUT2D eigenvalue weighted by molar-refractivity contribution is -0.148. The molecule has 0 aliphatic heterocycles. The lowest BCUT2D eigenvalue weighted by Gasteiger charge is -2.50. The van der Waals surface area contributed by atoms with Gasteiger partial charge in [-0.15, -0.1) is 0 Å². The summed E-state index contributed by atoms with van der Waals surface area (Å²) in [5.74, 6) is -6.32. The third-order valence-corrected chi connectivity index (χ3v) is 6.89. The van der Waals surface area contributed by atoms with E-state index in [-0.39, 0.29) is 29.8 Å². The topological polar surface area (TPSA) is 158 Å². The number of nitrogens with two attached hydrogens (primary N) is 1. The quantitative estimate of drug-likeness (QED) is 0.393. The Morgan fingerprint density at radius 2 is 1.84 bits per heavy atom. The zero-order chi connectivity index (χ0) is 23.7. The molecule has 0 saturated carbocycles. The first-order chi connectivity index (χ1) is 14.9. The Kier molecular flexibility index (Phi) is 4.87. The highest BCUT2D eigenvalue weighted by molar-refractivity contribution is 6.24. The Labute approximate surface area is 183 Å². The van der Waals surface area contributed by atoms with Crippen LogP contribution in [0.5, 0.6) is 0 Å². The summed E-state index contributed by atoms with van der Waals surface area (Å²) in [6, 6.07) is 3.71. The lowest BCUT2D eigenvalue weighted by Crippen LogP contribution is -2.63. The van der Waals surface area contributed by atoms with E-state index in [9.17, 15) is 34.5 Å². The van der Waals surface area contributed by atoms with Crippen molar-refractivity contribution < 1.29 is 34.5 Å². The second kappa shape index (κ2) is 7.11. The molecule has 0 radical (unpaired) electrons. The average molecular weight is 440 g/mol. The molecular formula is C23H24N2O7. The van der Waals surface area contributed by atoms with Gasteiger partial charge >= 0.3 is 0 Å². The SMILES string of the molecule is CC(=O)c1cccc2c1CC1CC3[C@@H](N(C)C)C(O)=C(C(N)=O)C(=O)[C@@]3(O)C(O)=C1C2=O. The molecule has 9 heteroatoms. The van der Waals surface area contributed by atoms with Gasteiger partial charge in [-0.1, -0.05) is 18.2 Å². The molecule has 1 aromatic carbocycles. The zero-order valence-corrected chi connectivity index (χ0v) is 17.9. The summed E-state index contributed by atoms with van der Waals surface area (Å²) in [6.07, 6.45) is 0.294. The predicted octanol–water partition coefficient (Wildman–Crippen LogP) is 0.618. The van der Waals surface area contributed by atoms with Gasteiger partial charge < -0.3 is 21.1 Å². The van der Waals surface area contributed by atoms with Gasteiger partial charge in [0.1, 0.15) is 17.1 Å². The number of hydrogen-bond acceptors (Lipinski definition) is 8. The number of benzene rings is 1. The van der Waals surface area contributed by atoms with Crippen molar-refractivity contribution in [3.63, 3.8) is 0 Å². The van der Waals surface area contributed by atoms with E-state index in [1.165, 1.54) is 17.9 Å². The molecule has 3 aliphatic rings. The van der Waals surface area contributed by atoms with Crippen molar-refractivity contribution in [3.8, 4) is 0 Å².